The van der Waals surface area contributed by atoms with Crippen LogP contribution in [-0.4, -0.2) is 34.0 Å². The van der Waals surface area contributed by atoms with Gasteiger partial charge in [0, 0.05) is 24.4 Å². The number of thioether (sulfide) groups is 1. The number of amides is 1. The van der Waals surface area contributed by atoms with Gasteiger partial charge in [-0.25, -0.2) is 0 Å². The summed E-state index contributed by atoms with van der Waals surface area (Å²) in [7, 11) is 0. The van der Waals surface area contributed by atoms with Gasteiger partial charge in [0.05, 0.1) is 17.7 Å². The summed E-state index contributed by atoms with van der Waals surface area (Å²) in [6.07, 6.45) is 1.45. The lowest BCUT2D eigenvalue weighted by Crippen LogP contribution is -2.32. The van der Waals surface area contributed by atoms with Crippen molar-refractivity contribution >= 4 is 28.5 Å². The SMILES string of the molecule is O=C(c1ccco1)N1CCN=C1SCc1cccc([N+](=O)[O-])c1. The maximum Gasteiger partial charge on any atom is 0.295 e. The van der Waals surface area contributed by atoms with Gasteiger partial charge in [-0.05, 0) is 17.7 Å². The molecule has 7 nitrogen and oxygen atoms in total. The minimum Gasteiger partial charge on any atom is -0.459 e. The number of amidine groups is 1. The third-order valence-electron chi connectivity index (χ3n) is 3.27. The van der Waals surface area contributed by atoms with Crippen LogP contribution in [0.25, 0.3) is 0 Å². The lowest BCUT2D eigenvalue weighted by molar-refractivity contribution is -0.384. The van der Waals surface area contributed by atoms with Gasteiger partial charge in [0.1, 0.15) is 0 Å². The molecule has 0 radical (unpaired) electrons. The molecule has 23 heavy (non-hydrogen) atoms. The molecule has 1 aromatic heterocycles. The molecule has 2 aromatic rings. The zero-order valence-corrected chi connectivity index (χ0v) is 12.9. The summed E-state index contributed by atoms with van der Waals surface area (Å²) in [6, 6.07) is 9.72. The molecule has 1 aliphatic rings. The van der Waals surface area contributed by atoms with Crippen molar-refractivity contribution in [3.63, 3.8) is 0 Å². The van der Waals surface area contributed by atoms with E-state index in [0.717, 1.165) is 5.56 Å². The van der Waals surface area contributed by atoms with Crippen molar-refractivity contribution in [2.45, 2.75) is 5.75 Å². The second-order valence-corrected chi connectivity index (χ2v) is 5.76. The van der Waals surface area contributed by atoms with Crippen molar-refractivity contribution in [3.8, 4) is 0 Å². The molecule has 3 rings (SSSR count). The third kappa shape index (κ3) is 3.42. The average Bonchev–Trinajstić information content (AvgIpc) is 3.24. The topological polar surface area (TPSA) is 89.0 Å². The number of furan rings is 1. The van der Waals surface area contributed by atoms with Gasteiger partial charge in [0.25, 0.3) is 11.6 Å². The summed E-state index contributed by atoms with van der Waals surface area (Å²) < 4.78 is 5.13. The van der Waals surface area contributed by atoms with Crippen molar-refractivity contribution in [3.05, 3.63) is 64.1 Å². The summed E-state index contributed by atoms with van der Waals surface area (Å²) in [6.45, 7) is 1.06. The van der Waals surface area contributed by atoms with Crippen LogP contribution in [0.15, 0.2) is 52.1 Å². The first-order valence-electron chi connectivity index (χ1n) is 6.91. The van der Waals surface area contributed by atoms with Gasteiger partial charge in [0.15, 0.2) is 10.9 Å². The molecule has 1 amide bonds. The highest BCUT2D eigenvalue weighted by atomic mass is 32.2. The van der Waals surface area contributed by atoms with Crippen molar-refractivity contribution in [2.75, 3.05) is 13.1 Å². The lowest BCUT2D eigenvalue weighted by Gasteiger charge is -2.16. The highest BCUT2D eigenvalue weighted by Crippen LogP contribution is 2.23. The quantitative estimate of drug-likeness (QED) is 0.635. The summed E-state index contributed by atoms with van der Waals surface area (Å²) in [5.74, 6) is 0.552. The molecule has 0 saturated heterocycles. The maximum atomic E-state index is 12.3. The zero-order valence-electron chi connectivity index (χ0n) is 12.0. The van der Waals surface area contributed by atoms with E-state index >= 15 is 0 Å². The van der Waals surface area contributed by atoms with Crippen molar-refractivity contribution in [2.24, 2.45) is 4.99 Å². The second-order valence-electron chi connectivity index (χ2n) is 4.81. The molecule has 0 saturated carbocycles. The maximum absolute atomic E-state index is 12.3. The second kappa shape index (κ2) is 6.66. The van der Waals surface area contributed by atoms with E-state index in [4.69, 9.17) is 4.42 Å². The molecule has 0 N–H and O–H groups in total. The predicted octanol–water partition coefficient (Wildman–Crippen LogP) is 2.93. The number of nitrogens with zero attached hydrogens (tertiary/aromatic N) is 3. The third-order valence-corrected chi connectivity index (χ3v) is 4.35. The summed E-state index contributed by atoms with van der Waals surface area (Å²) in [5, 5.41) is 11.4. The normalized spacial score (nSPS) is 13.9. The first kappa shape index (κ1) is 15.3. The van der Waals surface area contributed by atoms with E-state index in [2.05, 4.69) is 4.99 Å². The van der Waals surface area contributed by atoms with Crippen LogP contribution in [0.4, 0.5) is 5.69 Å². The van der Waals surface area contributed by atoms with E-state index in [9.17, 15) is 14.9 Å². The smallest absolute Gasteiger partial charge is 0.295 e. The summed E-state index contributed by atoms with van der Waals surface area (Å²) in [4.78, 5) is 28.6. The van der Waals surface area contributed by atoms with Gasteiger partial charge in [-0.2, -0.15) is 0 Å². The van der Waals surface area contributed by atoms with E-state index in [0.29, 0.717) is 24.0 Å². The van der Waals surface area contributed by atoms with Crippen LogP contribution in [-0.2, 0) is 5.75 Å². The molecule has 0 bridgehead atoms. The number of carbonyl (C=O) groups excluding carboxylic acids is 1. The Hall–Kier alpha value is -2.61. The number of non-ortho nitro benzene ring substituents is 1. The highest BCUT2D eigenvalue weighted by molar-refractivity contribution is 8.13. The molecule has 0 unspecified atom stereocenters. The molecule has 0 atom stereocenters. The van der Waals surface area contributed by atoms with Crippen LogP contribution >= 0.6 is 11.8 Å². The molecule has 8 heteroatoms. The Balaban J connectivity index is 1.67. The van der Waals surface area contributed by atoms with Crippen LogP contribution in [0.5, 0.6) is 0 Å². The van der Waals surface area contributed by atoms with Crippen molar-refractivity contribution in [1.29, 1.82) is 0 Å². The molecular weight excluding hydrogens is 318 g/mol. The van der Waals surface area contributed by atoms with Gasteiger partial charge in [0.2, 0.25) is 0 Å². The Morgan fingerprint density at radius 2 is 2.26 bits per heavy atom. The first-order valence-corrected chi connectivity index (χ1v) is 7.89. The number of hydrogen-bond acceptors (Lipinski definition) is 6. The van der Waals surface area contributed by atoms with Gasteiger partial charge >= 0.3 is 0 Å². The fourth-order valence-electron chi connectivity index (χ4n) is 2.18. The number of aliphatic imine (C=N–C) groups is 1. The number of hydrogen-bond donors (Lipinski definition) is 0. The molecule has 0 fully saturated rings. The van der Waals surface area contributed by atoms with E-state index in [1.54, 1.807) is 23.1 Å². The van der Waals surface area contributed by atoms with E-state index < -0.39 is 4.92 Å². The van der Waals surface area contributed by atoms with Gasteiger partial charge in [-0.1, -0.05) is 23.9 Å². The number of rotatable bonds is 4. The average molecular weight is 331 g/mol. The Morgan fingerprint density at radius 3 is 3.00 bits per heavy atom. The largest absolute Gasteiger partial charge is 0.459 e. The van der Waals surface area contributed by atoms with Gasteiger partial charge < -0.3 is 4.42 Å². The molecule has 1 aliphatic heterocycles. The molecular formula is C15H13N3O4S. The molecule has 0 spiro atoms. The number of carbonyl (C=O) groups is 1. The minimum atomic E-state index is -0.423. The van der Waals surface area contributed by atoms with Crippen LogP contribution < -0.4 is 0 Å². The fourth-order valence-corrected chi connectivity index (χ4v) is 3.17. The molecule has 0 aliphatic carbocycles. The minimum absolute atomic E-state index is 0.0555. The Bertz CT molecular complexity index is 758. The number of benzene rings is 1. The lowest BCUT2D eigenvalue weighted by atomic mass is 10.2. The predicted molar refractivity (Wildman–Crippen MR) is 86.4 cm³/mol. The summed E-state index contributed by atoms with van der Waals surface area (Å²) in [5.41, 5.74) is 0.865. The standard InChI is InChI=1S/C15H13N3O4S/c19-14(13-5-2-8-22-13)17-7-6-16-15(17)23-10-11-3-1-4-12(9-11)18(20)21/h1-5,8-9H,6-7,10H2. The van der Waals surface area contributed by atoms with Crippen LogP contribution in [0.1, 0.15) is 16.1 Å². The van der Waals surface area contributed by atoms with Gasteiger partial charge in [-0.15, -0.1) is 0 Å². The number of nitro benzene ring substituents is 1. The fraction of sp³-hybridized carbons (Fsp3) is 0.200. The molecule has 118 valence electrons. The molecule has 2 heterocycles. The summed E-state index contributed by atoms with van der Waals surface area (Å²) >= 11 is 1.38. The van der Waals surface area contributed by atoms with Crippen LogP contribution in [0.2, 0.25) is 0 Å². The number of nitro groups is 1. The van der Waals surface area contributed by atoms with E-state index in [1.807, 2.05) is 6.07 Å². The van der Waals surface area contributed by atoms with E-state index in [-0.39, 0.29) is 17.4 Å². The van der Waals surface area contributed by atoms with Crippen molar-refractivity contribution < 1.29 is 14.1 Å². The molecule has 1 aromatic carbocycles. The first-order chi connectivity index (χ1) is 11.1. The monoisotopic (exact) mass is 331 g/mol. The van der Waals surface area contributed by atoms with Crippen LogP contribution in [0, 0.1) is 10.1 Å². The Labute approximate surface area is 136 Å². The highest BCUT2D eigenvalue weighted by Gasteiger charge is 2.26. The zero-order chi connectivity index (χ0) is 16.2. The van der Waals surface area contributed by atoms with Gasteiger partial charge in [-0.3, -0.25) is 24.8 Å². The van der Waals surface area contributed by atoms with E-state index in [1.165, 1.54) is 30.2 Å². The Morgan fingerprint density at radius 1 is 1.39 bits per heavy atom. The Kier molecular flexibility index (Phi) is 4.42. The van der Waals surface area contributed by atoms with Crippen LogP contribution in [0.3, 0.4) is 0 Å². The van der Waals surface area contributed by atoms with Crippen molar-refractivity contribution in [1.82, 2.24) is 4.90 Å².